The lowest BCUT2D eigenvalue weighted by molar-refractivity contribution is -0.128. The van der Waals surface area contributed by atoms with Crippen molar-refractivity contribution in [3.8, 4) is 0 Å². The molecule has 2 heterocycles. The molecular formula is C12H17N5OS. The first-order valence-corrected chi connectivity index (χ1v) is 6.59. The average molecular weight is 279 g/mol. The van der Waals surface area contributed by atoms with Crippen molar-refractivity contribution in [1.29, 1.82) is 0 Å². The molecule has 1 saturated heterocycles. The van der Waals surface area contributed by atoms with E-state index >= 15 is 0 Å². The molecule has 1 aliphatic heterocycles. The fourth-order valence-electron chi connectivity index (χ4n) is 2.00. The summed E-state index contributed by atoms with van der Waals surface area (Å²) in [6.45, 7) is 2.03. The normalized spacial score (nSPS) is 14.5. The van der Waals surface area contributed by atoms with Crippen LogP contribution in [0.5, 0.6) is 0 Å². The second kappa shape index (κ2) is 5.92. The van der Waals surface area contributed by atoms with Gasteiger partial charge in [-0.1, -0.05) is 12.2 Å². The highest BCUT2D eigenvalue weighted by molar-refractivity contribution is 7.80. The summed E-state index contributed by atoms with van der Waals surface area (Å²) in [5.74, 6) is 0.757. The average Bonchev–Trinajstić information content (AvgIpc) is 2.92. The van der Waals surface area contributed by atoms with Crippen molar-refractivity contribution in [1.82, 2.24) is 14.9 Å². The van der Waals surface area contributed by atoms with E-state index in [-0.39, 0.29) is 10.9 Å². The Kier molecular flexibility index (Phi) is 4.26. The van der Waals surface area contributed by atoms with E-state index in [1.807, 2.05) is 11.9 Å². The number of likely N-dealkylation sites (tertiary alicyclic amines) is 1. The standard InChI is InChI=1S/C12H17N5OS/c1-16(8-11(18)17-4-2-3-5-17)10-7-14-9(6-15-10)12(13)19/h6-7H,2-5,8H2,1H3,(H2,13,19). The molecule has 0 unspecified atom stereocenters. The van der Waals surface area contributed by atoms with Gasteiger partial charge >= 0.3 is 0 Å². The molecule has 0 spiro atoms. The van der Waals surface area contributed by atoms with Crippen LogP contribution in [0, 0.1) is 0 Å². The molecule has 0 aromatic carbocycles. The van der Waals surface area contributed by atoms with E-state index in [0.29, 0.717) is 18.1 Å². The summed E-state index contributed by atoms with van der Waals surface area (Å²) in [5, 5.41) is 0. The Morgan fingerprint density at radius 2 is 2.11 bits per heavy atom. The third kappa shape index (κ3) is 3.37. The van der Waals surface area contributed by atoms with Gasteiger partial charge in [-0.3, -0.25) is 4.79 Å². The van der Waals surface area contributed by atoms with Gasteiger partial charge in [0.05, 0.1) is 18.9 Å². The summed E-state index contributed by atoms with van der Waals surface area (Å²) in [4.78, 5) is 24.2. The maximum Gasteiger partial charge on any atom is 0.242 e. The Hall–Kier alpha value is -1.76. The molecule has 6 nitrogen and oxygen atoms in total. The second-order valence-electron chi connectivity index (χ2n) is 4.57. The number of nitrogens with two attached hydrogens (primary N) is 1. The minimum atomic E-state index is 0.125. The van der Waals surface area contributed by atoms with Crippen LogP contribution in [0.3, 0.4) is 0 Å². The van der Waals surface area contributed by atoms with Crippen LogP contribution >= 0.6 is 12.2 Å². The van der Waals surface area contributed by atoms with E-state index in [1.165, 1.54) is 6.20 Å². The molecule has 0 bridgehead atoms. The lowest BCUT2D eigenvalue weighted by Gasteiger charge is -2.21. The molecule has 19 heavy (non-hydrogen) atoms. The largest absolute Gasteiger partial charge is 0.388 e. The Labute approximate surface area is 117 Å². The van der Waals surface area contributed by atoms with Crippen LogP contribution in [0.1, 0.15) is 18.5 Å². The van der Waals surface area contributed by atoms with Gasteiger partial charge in [0.2, 0.25) is 5.91 Å². The summed E-state index contributed by atoms with van der Waals surface area (Å²) in [6, 6.07) is 0. The number of thiocarbonyl (C=S) groups is 1. The second-order valence-corrected chi connectivity index (χ2v) is 5.01. The Balaban J connectivity index is 1.97. The van der Waals surface area contributed by atoms with E-state index in [9.17, 15) is 4.79 Å². The van der Waals surface area contributed by atoms with Gasteiger partial charge in [0, 0.05) is 20.1 Å². The van der Waals surface area contributed by atoms with Crippen molar-refractivity contribution in [3.05, 3.63) is 18.1 Å². The van der Waals surface area contributed by atoms with Gasteiger partial charge in [-0.15, -0.1) is 0 Å². The van der Waals surface area contributed by atoms with Crippen LogP contribution < -0.4 is 10.6 Å². The molecular weight excluding hydrogens is 262 g/mol. The first-order chi connectivity index (χ1) is 9.08. The summed E-state index contributed by atoms with van der Waals surface area (Å²) >= 11 is 4.81. The zero-order chi connectivity index (χ0) is 13.8. The van der Waals surface area contributed by atoms with E-state index in [0.717, 1.165) is 25.9 Å². The van der Waals surface area contributed by atoms with Gasteiger partial charge < -0.3 is 15.5 Å². The maximum absolute atomic E-state index is 12.0. The molecule has 0 aliphatic carbocycles. The quantitative estimate of drug-likeness (QED) is 0.792. The number of carbonyl (C=O) groups excluding carboxylic acids is 1. The fraction of sp³-hybridized carbons (Fsp3) is 0.500. The van der Waals surface area contributed by atoms with Crippen LogP contribution in [0.15, 0.2) is 12.4 Å². The van der Waals surface area contributed by atoms with Crippen molar-refractivity contribution in [2.24, 2.45) is 5.73 Å². The van der Waals surface area contributed by atoms with Gasteiger partial charge in [-0.05, 0) is 12.8 Å². The summed E-state index contributed by atoms with van der Waals surface area (Å²) in [6.07, 6.45) is 5.29. The van der Waals surface area contributed by atoms with Gasteiger partial charge in [0.25, 0.3) is 0 Å². The highest BCUT2D eigenvalue weighted by atomic mass is 32.1. The number of hydrogen-bond acceptors (Lipinski definition) is 5. The zero-order valence-electron chi connectivity index (χ0n) is 10.9. The van der Waals surface area contributed by atoms with E-state index < -0.39 is 0 Å². The number of carbonyl (C=O) groups is 1. The molecule has 1 aromatic rings. The number of aromatic nitrogens is 2. The van der Waals surface area contributed by atoms with Crippen molar-refractivity contribution in [2.45, 2.75) is 12.8 Å². The monoisotopic (exact) mass is 279 g/mol. The number of nitrogens with zero attached hydrogens (tertiary/aromatic N) is 4. The van der Waals surface area contributed by atoms with E-state index in [2.05, 4.69) is 9.97 Å². The molecule has 0 atom stereocenters. The molecule has 2 rings (SSSR count). The molecule has 1 fully saturated rings. The number of anilines is 1. The van der Waals surface area contributed by atoms with Crippen LogP contribution in [-0.4, -0.2) is 52.4 Å². The molecule has 0 saturated carbocycles. The molecule has 1 amide bonds. The van der Waals surface area contributed by atoms with Crippen LogP contribution in [0.25, 0.3) is 0 Å². The van der Waals surface area contributed by atoms with E-state index in [4.69, 9.17) is 18.0 Å². The Morgan fingerprint density at radius 1 is 1.42 bits per heavy atom. The Bertz CT molecular complexity index is 470. The molecule has 102 valence electrons. The SMILES string of the molecule is CN(CC(=O)N1CCCC1)c1cnc(C(N)=S)cn1. The summed E-state index contributed by atoms with van der Waals surface area (Å²) in [5.41, 5.74) is 5.94. The minimum absolute atomic E-state index is 0.125. The smallest absolute Gasteiger partial charge is 0.242 e. The third-order valence-electron chi connectivity index (χ3n) is 3.11. The van der Waals surface area contributed by atoms with Gasteiger partial charge in [-0.2, -0.15) is 0 Å². The van der Waals surface area contributed by atoms with Crippen molar-refractivity contribution < 1.29 is 4.79 Å². The first kappa shape index (κ1) is 13.7. The fourth-order valence-corrected chi connectivity index (χ4v) is 2.10. The van der Waals surface area contributed by atoms with E-state index in [1.54, 1.807) is 11.1 Å². The third-order valence-corrected chi connectivity index (χ3v) is 3.32. The van der Waals surface area contributed by atoms with Crippen molar-refractivity contribution in [2.75, 3.05) is 31.6 Å². The zero-order valence-corrected chi connectivity index (χ0v) is 11.7. The highest BCUT2D eigenvalue weighted by Crippen LogP contribution is 2.11. The lowest BCUT2D eigenvalue weighted by atomic mass is 10.4. The summed E-state index contributed by atoms with van der Waals surface area (Å²) < 4.78 is 0. The maximum atomic E-state index is 12.0. The predicted molar refractivity (Wildman–Crippen MR) is 77.0 cm³/mol. The Morgan fingerprint density at radius 3 is 2.63 bits per heavy atom. The first-order valence-electron chi connectivity index (χ1n) is 6.18. The van der Waals surface area contributed by atoms with Gasteiger partial charge in [-0.25, -0.2) is 9.97 Å². The number of likely N-dealkylation sites (N-methyl/N-ethyl adjacent to an activating group) is 1. The van der Waals surface area contributed by atoms with Crippen molar-refractivity contribution >= 4 is 28.9 Å². The highest BCUT2D eigenvalue weighted by Gasteiger charge is 2.19. The minimum Gasteiger partial charge on any atom is -0.388 e. The number of amides is 1. The lowest BCUT2D eigenvalue weighted by Crippen LogP contribution is -2.37. The predicted octanol–water partition coefficient (Wildman–Crippen LogP) is 0.169. The van der Waals surface area contributed by atoms with Gasteiger partial charge in [0.15, 0.2) is 0 Å². The van der Waals surface area contributed by atoms with Crippen LogP contribution in [0.2, 0.25) is 0 Å². The number of rotatable bonds is 4. The molecule has 1 aliphatic rings. The molecule has 7 heteroatoms. The van der Waals surface area contributed by atoms with Crippen LogP contribution in [0.4, 0.5) is 5.82 Å². The molecule has 1 aromatic heterocycles. The number of hydrogen-bond donors (Lipinski definition) is 1. The summed E-state index contributed by atoms with van der Waals surface area (Å²) in [7, 11) is 1.82. The molecule has 2 N–H and O–H groups in total. The topological polar surface area (TPSA) is 75.4 Å². The van der Waals surface area contributed by atoms with Crippen molar-refractivity contribution in [3.63, 3.8) is 0 Å². The van der Waals surface area contributed by atoms with Gasteiger partial charge in [0.1, 0.15) is 16.5 Å². The van der Waals surface area contributed by atoms with Crippen LogP contribution in [-0.2, 0) is 4.79 Å². The molecule has 0 radical (unpaired) electrons.